The number of halogens is 2. The summed E-state index contributed by atoms with van der Waals surface area (Å²) >= 11 is 12.7. The lowest BCUT2D eigenvalue weighted by atomic mass is 9.95. The molecule has 0 spiro atoms. The predicted molar refractivity (Wildman–Crippen MR) is 142 cm³/mol. The number of amides is 2. The monoisotopic (exact) mass is 553 g/mol. The second kappa shape index (κ2) is 12.4. The fourth-order valence-electron chi connectivity index (χ4n) is 4.26. The summed E-state index contributed by atoms with van der Waals surface area (Å²) in [6, 6.07) is 10.6. The van der Waals surface area contributed by atoms with E-state index in [2.05, 4.69) is 5.32 Å². The van der Waals surface area contributed by atoms with E-state index in [0.717, 1.165) is 42.0 Å². The van der Waals surface area contributed by atoms with Gasteiger partial charge in [0.25, 0.3) is 0 Å². The molecule has 0 bridgehead atoms. The molecule has 0 radical (unpaired) electrons. The summed E-state index contributed by atoms with van der Waals surface area (Å²) in [6.07, 6.45) is 5.07. The van der Waals surface area contributed by atoms with Gasteiger partial charge in [-0.15, -0.1) is 0 Å². The smallest absolute Gasteiger partial charge is 0.243 e. The van der Waals surface area contributed by atoms with E-state index in [9.17, 15) is 18.0 Å². The van der Waals surface area contributed by atoms with E-state index < -0.39 is 28.5 Å². The van der Waals surface area contributed by atoms with Crippen molar-refractivity contribution in [2.45, 2.75) is 69.5 Å². The number of hydrogen-bond acceptors (Lipinski definition) is 4. The molecule has 1 aliphatic carbocycles. The van der Waals surface area contributed by atoms with Crippen LogP contribution >= 0.6 is 23.2 Å². The minimum absolute atomic E-state index is 0.0327. The van der Waals surface area contributed by atoms with Gasteiger partial charge < -0.3 is 10.2 Å². The van der Waals surface area contributed by atoms with Crippen molar-refractivity contribution in [3.63, 3.8) is 0 Å². The van der Waals surface area contributed by atoms with Crippen LogP contribution in [0.15, 0.2) is 47.4 Å². The minimum atomic E-state index is -3.91. The number of carbonyl (C=O) groups is 2. The Bertz CT molecular complexity index is 1160. The van der Waals surface area contributed by atoms with Gasteiger partial charge in [-0.05, 0) is 51.0 Å². The molecule has 36 heavy (non-hydrogen) atoms. The van der Waals surface area contributed by atoms with Crippen molar-refractivity contribution in [2.75, 3.05) is 13.6 Å². The average molecular weight is 555 g/mol. The highest BCUT2D eigenvalue weighted by atomic mass is 35.5. The number of likely N-dealkylation sites (N-methyl/N-ethyl adjacent to an activating group) is 1. The van der Waals surface area contributed by atoms with Gasteiger partial charge in [0.15, 0.2) is 0 Å². The van der Waals surface area contributed by atoms with Crippen molar-refractivity contribution >= 4 is 45.0 Å². The van der Waals surface area contributed by atoms with Gasteiger partial charge in [0, 0.05) is 35.2 Å². The van der Waals surface area contributed by atoms with Crippen LogP contribution in [0.4, 0.5) is 0 Å². The van der Waals surface area contributed by atoms with Crippen molar-refractivity contribution < 1.29 is 18.0 Å². The Labute approximate surface area is 223 Å². The number of sulfonamides is 1. The van der Waals surface area contributed by atoms with Crippen molar-refractivity contribution in [2.24, 2.45) is 0 Å². The number of carbonyl (C=O) groups excluding carboxylic acids is 2. The largest absolute Gasteiger partial charge is 0.352 e. The van der Waals surface area contributed by atoms with Crippen LogP contribution in [0.3, 0.4) is 0 Å². The van der Waals surface area contributed by atoms with Crippen molar-refractivity contribution in [1.29, 1.82) is 0 Å². The lowest BCUT2D eigenvalue weighted by molar-refractivity contribution is -0.141. The number of rotatable bonds is 9. The molecule has 196 valence electrons. The normalized spacial score (nSPS) is 15.5. The van der Waals surface area contributed by atoms with Gasteiger partial charge in [-0.1, -0.05) is 66.2 Å². The van der Waals surface area contributed by atoms with Crippen molar-refractivity contribution in [3.8, 4) is 0 Å². The maximum atomic E-state index is 13.5. The topological polar surface area (TPSA) is 86.8 Å². The molecule has 0 aliphatic heterocycles. The molecule has 10 heteroatoms. The lowest BCUT2D eigenvalue weighted by Gasteiger charge is -2.32. The molecule has 1 saturated carbocycles. The van der Waals surface area contributed by atoms with E-state index in [1.54, 1.807) is 37.3 Å². The maximum Gasteiger partial charge on any atom is 0.243 e. The molecule has 1 aliphatic rings. The summed E-state index contributed by atoms with van der Waals surface area (Å²) in [5, 5.41) is 3.78. The third-order valence-corrected chi connectivity index (χ3v) is 9.12. The van der Waals surface area contributed by atoms with E-state index >= 15 is 0 Å². The van der Waals surface area contributed by atoms with Gasteiger partial charge >= 0.3 is 0 Å². The van der Waals surface area contributed by atoms with Gasteiger partial charge in [-0.2, -0.15) is 4.31 Å². The van der Waals surface area contributed by atoms with Gasteiger partial charge in [-0.3, -0.25) is 9.59 Å². The van der Waals surface area contributed by atoms with Crippen molar-refractivity contribution in [1.82, 2.24) is 14.5 Å². The van der Waals surface area contributed by atoms with Crippen LogP contribution in [0.25, 0.3) is 0 Å². The first-order valence-corrected chi connectivity index (χ1v) is 14.3. The Morgan fingerprint density at radius 1 is 1.03 bits per heavy atom. The summed E-state index contributed by atoms with van der Waals surface area (Å²) in [6.45, 7) is 3.02. The quantitative estimate of drug-likeness (QED) is 0.483. The number of aryl methyl sites for hydroxylation is 1. The molecule has 2 aromatic rings. The molecule has 7 nitrogen and oxygen atoms in total. The first-order valence-electron chi connectivity index (χ1n) is 12.1. The molecular weight excluding hydrogens is 521 g/mol. The third kappa shape index (κ3) is 7.00. The molecule has 1 fully saturated rings. The standard InChI is InChI=1S/C26H33Cl2N3O4S/c1-18-12-14-21(15-13-18)36(34,35)30(3)17-25(32)31(16-22-23(27)10-7-11-24(22)28)19(2)26(33)29-20-8-5-4-6-9-20/h7,10-15,19-20H,4-6,8-9,16-17H2,1-3H3,(H,29,33)/t19-/m0/s1. The highest BCUT2D eigenvalue weighted by Gasteiger charge is 2.32. The fraction of sp³-hybridized carbons (Fsp3) is 0.462. The lowest BCUT2D eigenvalue weighted by Crippen LogP contribution is -2.52. The van der Waals surface area contributed by atoms with Crippen LogP contribution in [0.1, 0.15) is 50.2 Å². The summed E-state index contributed by atoms with van der Waals surface area (Å²) in [5.41, 5.74) is 1.42. The zero-order valence-electron chi connectivity index (χ0n) is 20.8. The van der Waals surface area contributed by atoms with Crippen LogP contribution in [0.5, 0.6) is 0 Å². The predicted octanol–water partition coefficient (Wildman–Crippen LogP) is 4.79. The molecule has 1 atom stereocenters. The van der Waals surface area contributed by atoms with E-state index in [1.165, 1.54) is 24.1 Å². The molecule has 0 saturated heterocycles. The van der Waals surface area contributed by atoms with Gasteiger partial charge in [-0.25, -0.2) is 8.42 Å². The Hall–Kier alpha value is -2.13. The summed E-state index contributed by atoms with van der Waals surface area (Å²) in [4.78, 5) is 28.1. The van der Waals surface area contributed by atoms with Gasteiger partial charge in [0.05, 0.1) is 11.4 Å². The van der Waals surface area contributed by atoms with Crippen LogP contribution in [0.2, 0.25) is 10.0 Å². The molecule has 0 aromatic heterocycles. The van der Waals surface area contributed by atoms with Gasteiger partial charge in [0.1, 0.15) is 6.04 Å². The third-order valence-electron chi connectivity index (χ3n) is 6.60. The molecule has 0 heterocycles. The summed E-state index contributed by atoms with van der Waals surface area (Å²) in [5.74, 6) is -0.821. The average Bonchev–Trinajstić information content (AvgIpc) is 2.84. The van der Waals surface area contributed by atoms with E-state index in [-0.39, 0.29) is 23.4 Å². The van der Waals surface area contributed by atoms with E-state index in [0.29, 0.717) is 15.6 Å². The van der Waals surface area contributed by atoms with E-state index in [4.69, 9.17) is 23.2 Å². The SMILES string of the molecule is Cc1ccc(S(=O)(=O)N(C)CC(=O)N(Cc2c(Cl)cccc2Cl)[C@@H](C)C(=O)NC2CCCCC2)cc1. The maximum absolute atomic E-state index is 13.5. The summed E-state index contributed by atoms with van der Waals surface area (Å²) in [7, 11) is -2.56. The molecule has 2 aromatic carbocycles. The number of hydrogen-bond donors (Lipinski definition) is 1. The minimum Gasteiger partial charge on any atom is -0.352 e. The van der Waals surface area contributed by atoms with Gasteiger partial charge in [0.2, 0.25) is 21.8 Å². The van der Waals surface area contributed by atoms with Crippen LogP contribution in [-0.2, 0) is 26.2 Å². The molecule has 0 unspecified atom stereocenters. The first-order chi connectivity index (χ1) is 17.0. The Balaban J connectivity index is 1.83. The van der Waals surface area contributed by atoms with Crippen LogP contribution in [0, 0.1) is 6.92 Å². The van der Waals surface area contributed by atoms with Crippen LogP contribution < -0.4 is 5.32 Å². The second-order valence-electron chi connectivity index (χ2n) is 9.32. The highest BCUT2D eigenvalue weighted by molar-refractivity contribution is 7.89. The zero-order valence-corrected chi connectivity index (χ0v) is 23.2. The number of nitrogens with zero attached hydrogens (tertiary/aromatic N) is 2. The summed E-state index contributed by atoms with van der Waals surface area (Å²) < 4.78 is 27.1. The Kier molecular flexibility index (Phi) is 9.80. The first kappa shape index (κ1) is 28.4. The van der Waals surface area contributed by atoms with E-state index in [1.807, 2.05) is 6.92 Å². The number of nitrogens with one attached hydrogen (secondary N) is 1. The molecular formula is C26H33Cl2N3O4S. The molecule has 1 N–H and O–H groups in total. The fourth-order valence-corrected chi connectivity index (χ4v) is 5.90. The van der Waals surface area contributed by atoms with Crippen LogP contribution in [-0.4, -0.2) is 55.1 Å². The Morgan fingerprint density at radius 3 is 2.19 bits per heavy atom. The highest BCUT2D eigenvalue weighted by Crippen LogP contribution is 2.27. The zero-order chi connectivity index (χ0) is 26.5. The molecule has 2 amide bonds. The molecule has 3 rings (SSSR count). The van der Waals surface area contributed by atoms with Crippen molar-refractivity contribution in [3.05, 3.63) is 63.6 Å². The number of benzene rings is 2. The second-order valence-corrected chi connectivity index (χ2v) is 12.2. The Morgan fingerprint density at radius 2 is 1.61 bits per heavy atom.